The normalized spacial score (nSPS) is 10.2. The van der Waals surface area contributed by atoms with Crippen molar-refractivity contribution in [1.82, 2.24) is 0 Å². The van der Waals surface area contributed by atoms with Crippen molar-refractivity contribution in [2.75, 3.05) is 5.32 Å². The van der Waals surface area contributed by atoms with Crippen molar-refractivity contribution < 1.29 is 9.18 Å². The summed E-state index contributed by atoms with van der Waals surface area (Å²) in [5, 5.41) is 3.14. The molecule has 0 heterocycles. The highest BCUT2D eigenvalue weighted by molar-refractivity contribution is 14.1. The molecule has 2 rings (SSSR count). The standard InChI is InChI=1S/C14H9ClFIN2OS/c15-10-5-7(1-4-12(10)17)14(20)19-8-2-3-11(16)9(6-8)13(18)21/h1-6H,(H2,18,21)(H,19,20). The summed E-state index contributed by atoms with van der Waals surface area (Å²) in [5.41, 5.74) is 6.31. The summed E-state index contributed by atoms with van der Waals surface area (Å²) in [4.78, 5) is 12.0. The van der Waals surface area contributed by atoms with E-state index in [9.17, 15) is 9.18 Å². The number of rotatable bonds is 3. The topological polar surface area (TPSA) is 55.1 Å². The molecule has 1 amide bonds. The van der Waals surface area contributed by atoms with Crippen LogP contribution >= 0.6 is 46.4 Å². The van der Waals surface area contributed by atoms with Crippen LogP contribution in [0.2, 0.25) is 5.02 Å². The minimum atomic E-state index is -0.530. The molecule has 7 heteroatoms. The molecule has 0 unspecified atom stereocenters. The fraction of sp³-hybridized carbons (Fsp3) is 0. The van der Waals surface area contributed by atoms with Crippen LogP contribution in [0.5, 0.6) is 0 Å². The van der Waals surface area contributed by atoms with Crippen LogP contribution in [0.4, 0.5) is 10.1 Å². The molecule has 0 aliphatic heterocycles. The predicted molar refractivity (Wildman–Crippen MR) is 94.4 cm³/mol. The lowest BCUT2D eigenvalue weighted by Gasteiger charge is -2.08. The van der Waals surface area contributed by atoms with Crippen molar-refractivity contribution in [2.45, 2.75) is 0 Å². The molecule has 2 aromatic rings. The second-order valence-corrected chi connectivity index (χ2v) is 6.15. The van der Waals surface area contributed by atoms with Crippen LogP contribution in [-0.2, 0) is 0 Å². The van der Waals surface area contributed by atoms with E-state index in [0.29, 0.717) is 16.3 Å². The average molecular weight is 435 g/mol. The molecule has 0 fully saturated rings. The molecule has 0 aliphatic carbocycles. The highest BCUT2D eigenvalue weighted by atomic mass is 127. The minimum absolute atomic E-state index is 0.0686. The van der Waals surface area contributed by atoms with E-state index in [-0.39, 0.29) is 16.5 Å². The number of anilines is 1. The monoisotopic (exact) mass is 434 g/mol. The SMILES string of the molecule is NC(=S)c1cc(NC(=O)c2ccc(I)c(Cl)c2)ccc1F. The summed E-state index contributed by atoms with van der Waals surface area (Å²) in [6, 6.07) is 8.98. The van der Waals surface area contributed by atoms with Gasteiger partial charge in [-0.2, -0.15) is 0 Å². The van der Waals surface area contributed by atoms with Crippen LogP contribution < -0.4 is 11.1 Å². The van der Waals surface area contributed by atoms with Crippen molar-refractivity contribution in [3.8, 4) is 0 Å². The predicted octanol–water partition coefficient (Wildman–Crippen LogP) is 3.97. The molecule has 0 bridgehead atoms. The lowest BCUT2D eigenvalue weighted by atomic mass is 10.1. The summed E-state index contributed by atoms with van der Waals surface area (Å²) in [5.74, 6) is -0.883. The minimum Gasteiger partial charge on any atom is -0.389 e. The van der Waals surface area contributed by atoms with Gasteiger partial charge in [-0.1, -0.05) is 23.8 Å². The number of halogens is 3. The Morgan fingerprint density at radius 1 is 1.29 bits per heavy atom. The van der Waals surface area contributed by atoms with Crippen LogP contribution in [0.1, 0.15) is 15.9 Å². The van der Waals surface area contributed by atoms with Gasteiger partial charge in [0.2, 0.25) is 0 Å². The third kappa shape index (κ3) is 3.90. The molecular weight excluding hydrogens is 426 g/mol. The summed E-state index contributed by atoms with van der Waals surface area (Å²) < 4.78 is 14.3. The first kappa shape index (κ1) is 16.1. The number of hydrogen-bond donors (Lipinski definition) is 2. The quantitative estimate of drug-likeness (QED) is 0.568. The summed E-state index contributed by atoms with van der Waals surface area (Å²) in [7, 11) is 0. The van der Waals surface area contributed by atoms with Gasteiger partial charge in [0.05, 0.1) is 5.02 Å². The first-order valence-corrected chi connectivity index (χ1v) is 7.60. The number of amides is 1. The second-order valence-electron chi connectivity index (χ2n) is 4.14. The molecular formula is C14H9ClFIN2OS. The summed E-state index contributed by atoms with van der Waals surface area (Å²) >= 11 is 12.8. The number of hydrogen-bond acceptors (Lipinski definition) is 2. The van der Waals surface area contributed by atoms with E-state index in [1.54, 1.807) is 18.2 Å². The Balaban J connectivity index is 2.25. The van der Waals surface area contributed by atoms with Gasteiger partial charge in [-0.25, -0.2) is 4.39 Å². The highest BCUT2D eigenvalue weighted by Gasteiger charge is 2.11. The molecule has 108 valence electrons. The van der Waals surface area contributed by atoms with E-state index >= 15 is 0 Å². The van der Waals surface area contributed by atoms with Gasteiger partial charge in [0.1, 0.15) is 10.8 Å². The van der Waals surface area contributed by atoms with Gasteiger partial charge in [-0.3, -0.25) is 4.79 Å². The number of thiocarbonyl (C=S) groups is 1. The Labute approximate surface area is 144 Å². The lowest BCUT2D eigenvalue weighted by Crippen LogP contribution is -2.15. The van der Waals surface area contributed by atoms with E-state index < -0.39 is 5.82 Å². The van der Waals surface area contributed by atoms with E-state index in [0.717, 1.165) is 3.57 Å². The zero-order valence-corrected chi connectivity index (χ0v) is 14.2. The van der Waals surface area contributed by atoms with Gasteiger partial charge in [0.15, 0.2) is 0 Å². The highest BCUT2D eigenvalue weighted by Crippen LogP contribution is 2.21. The Hall–Kier alpha value is -1.25. The number of carbonyl (C=O) groups excluding carboxylic acids is 1. The molecule has 0 saturated carbocycles. The van der Waals surface area contributed by atoms with Gasteiger partial charge in [0, 0.05) is 20.4 Å². The van der Waals surface area contributed by atoms with Crippen LogP contribution in [0.15, 0.2) is 36.4 Å². The smallest absolute Gasteiger partial charge is 0.255 e. The van der Waals surface area contributed by atoms with Crippen molar-refractivity contribution in [2.24, 2.45) is 5.73 Å². The maximum atomic E-state index is 13.5. The van der Waals surface area contributed by atoms with Gasteiger partial charge in [0.25, 0.3) is 5.91 Å². The maximum Gasteiger partial charge on any atom is 0.255 e. The van der Waals surface area contributed by atoms with Crippen molar-refractivity contribution in [3.05, 3.63) is 61.9 Å². The van der Waals surface area contributed by atoms with Gasteiger partial charge in [-0.05, 0) is 59.0 Å². The second kappa shape index (κ2) is 6.67. The fourth-order valence-electron chi connectivity index (χ4n) is 1.63. The third-order valence-electron chi connectivity index (χ3n) is 2.67. The molecule has 0 aliphatic rings. The van der Waals surface area contributed by atoms with Crippen molar-refractivity contribution in [1.29, 1.82) is 0 Å². The number of nitrogens with two attached hydrogens (primary N) is 1. The van der Waals surface area contributed by atoms with Gasteiger partial charge in [-0.15, -0.1) is 0 Å². The van der Waals surface area contributed by atoms with Gasteiger partial charge >= 0.3 is 0 Å². The molecule has 0 radical (unpaired) electrons. The first-order valence-electron chi connectivity index (χ1n) is 5.74. The summed E-state index contributed by atoms with van der Waals surface area (Å²) in [6.45, 7) is 0. The molecule has 0 spiro atoms. The van der Waals surface area contributed by atoms with E-state index in [2.05, 4.69) is 27.9 Å². The molecule has 2 aromatic carbocycles. The third-order valence-corrected chi connectivity index (χ3v) is 4.46. The van der Waals surface area contributed by atoms with Crippen LogP contribution in [0.3, 0.4) is 0 Å². The van der Waals surface area contributed by atoms with Crippen molar-refractivity contribution in [3.63, 3.8) is 0 Å². The van der Waals surface area contributed by atoms with E-state index in [1.807, 2.05) is 0 Å². The number of benzene rings is 2. The zero-order valence-electron chi connectivity index (χ0n) is 10.5. The first-order chi connectivity index (χ1) is 9.88. The van der Waals surface area contributed by atoms with Crippen LogP contribution in [0, 0.1) is 9.39 Å². The number of nitrogens with one attached hydrogen (secondary N) is 1. The average Bonchev–Trinajstić information content (AvgIpc) is 2.43. The lowest BCUT2D eigenvalue weighted by molar-refractivity contribution is 0.102. The van der Waals surface area contributed by atoms with E-state index in [4.69, 9.17) is 29.6 Å². The Morgan fingerprint density at radius 2 is 2.00 bits per heavy atom. The Kier molecular flexibility index (Phi) is 5.13. The maximum absolute atomic E-state index is 13.5. The molecule has 3 N–H and O–H groups in total. The Bertz CT molecular complexity index is 739. The van der Waals surface area contributed by atoms with Gasteiger partial charge < -0.3 is 11.1 Å². The van der Waals surface area contributed by atoms with Crippen LogP contribution in [0.25, 0.3) is 0 Å². The van der Waals surface area contributed by atoms with Crippen molar-refractivity contribution >= 4 is 63.0 Å². The Morgan fingerprint density at radius 3 is 2.62 bits per heavy atom. The molecule has 0 atom stereocenters. The van der Waals surface area contributed by atoms with E-state index in [1.165, 1.54) is 18.2 Å². The fourth-order valence-corrected chi connectivity index (χ4v) is 2.30. The molecule has 0 aromatic heterocycles. The number of carbonyl (C=O) groups is 1. The molecule has 21 heavy (non-hydrogen) atoms. The largest absolute Gasteiger partial charge is 0.389 e. The molecule has 0 saturated heterocycles. The summed E-state index contributed by atoms with van der Waals surface area (Å²) in [6.07, 6.45) is 0. The van der Waals surface area contributed by atoms with Crippen LogP contribution in [-0.4, -0.2) is 10.9 Å². The zero-order chi connectivity index (χ0) is 15.6. The molecule has 3 nitrogen and oxygen atoms in total.